The van der Waals surface area contributed by atoms with Crippen molar-refractivity contribution in [3.05, 3.63) is 53.0 Å². The molecule has 0 bridgehead atoms. The number of amides is 1. The second-order valence-electron chi connectivity index (χ2n) is 8.37. The molecule has 0 aliphatic heterocycles. The third-order valence-electron chi connectivity index (χ3n) is 6.08. The number of pyridine rings is 1. The minimum Gasteiger partial charge on any atom is -0.440 e. The zero-order valence-electron chi connectivity index (χ0n) is 16.8. The van der Waals surface area contributed by atoms with E-state index in [1.165, 1.54) is 12.3 Å². The first-order valence-corrected chi connectivity index (χ1v) is 12.5. The van der Waals surface area contributed by atoms with Gasteiger partial charge in [0.15, 0.2) is 11.5 Å². The van der Waals surface area contributed by atoms with Crippen LogP contribution >= 0.6 is 11.6 Å². The molecule has 2 aliphatic rings. The monoisotopic (exact) mass is 458 g/mol. The molecule has 162 valence electrons. The van der Waals surface area contributed by atoms with E-state index in [4.69, 9.17) is 20.8 Å². The molecule has 0 radical (unpaired) electrons. The van der Waals surface area contributed by atoms with Crippen LogP contribution in [0.1, 0.15) is 60.7 Å². The number of carbonyl (C=O) groups is 1. The standard InChI is InChI=1S/C22H23ClN4O3S/c23-15-3-8-19-18(12-15)27-22(30-19)13-1-4-16(5-2-13)26-21(28)14-9-10-25-20(11-14)31(24,29)17-6-7-17/h3,8-13,16-17,24H,1-2,4-7H2,(H,26,28). The van der Waals surface area contributed by atoms with Crippen molar-refractivity contribution >= 4 is 38.3 Å². The smallest absolute Gasteiger partial charge is 0.251 e. The van der Waals surface area contributed by atoms with Crippen molar-refractivity contribution in [1.29, 1.82) is 4.78 Å². The van der Waals surface area contributed by atoms with Gasteiger partial charge in [0, 0.05) is 34.0 Å². The maximum absolute atomic E-state index is 12.7. The van der Waals surface area contributed by atoms with Gasteiger partial charge in [-0.3, -0.25) is 4.79 Å². The third-order valence-corrected chi connectivity index (χ3v) is 8.57. The fourth-order valence-electron chi connectivity index (χ4n) is 4.13. The Bertz CT molecular complexity index is 1240. The van der Waals surface area contributed by atoms with Crippen molar-refractivity contribution in [2.45, 2.75) is 60.8 Å². The van der Waals surface area contributed by atoms with E-state index in [9.17, 15) is 9.00 Å². The topological polar surface area (TPSA) is 109 Å². The van der Waals surface area contributed by atoms with Crippen LogP contribution in [0.2, 0.25) is 5.02 Å². The van der Waals surface area contributed by atoms with Crippen LogP contribution in [-0.4, -0.2) is 31.4 Å². The number of oxazole rings is 1. The summed E-state index contributed by atoms with van der Waals surface area (Å²) in [4.78, 5) is 21.4. The fraction of sp³-hybridized carbons (Fsp3) is 0.409. The summed E-state index contributed by atoms with van der Waals surface area (Å²) in [7, 11) is -2.92. The van der Waals surface area contributed by atoms with Gasteiger partial charge in [-0.1, -0.05) is 11.6 Å². The molecule has 9 heteroatoms. The number of rotatable bonds is 5. The Labute approximate surface area is 185 Å². The maximum atomic E-state index is 12.7. The highest BCUT2D eigenvalue weighted by molar-refractivity contribution is 7.93. The van der Waals surface area contributed by atoms with Crippen molar-refractivity contribution < 1.29 is 13.4 Å². The molecule has 2 N–H and O–H groups in total. The van der Waals surface area contributed by atoms with E-state index in [-0.39, 0.29) is 28.1 Å². The minimum absolute atomic E-state index is 0.0583. The molecule has 1 atom stereocenters. The van der Waals surface area contributed by atoms with Crippen molar-refractivity contribution in [2.24, 2.45) is 0 Å². The van der Waals surface area contributed by atoms with E-state index in [1.807, 2.05) is 6.07 Å². The summed E-state index contributed by atoms with van der Waals surface area (Å²) >= 11 is 6.03. The van der Waals surface area contributed by atoms with Crippen LogP contribution in [0.4, 0.5) is 0 Å². The van der Waals surface area contributed by atoms with E-state index in [0.717, 1.165) is 55.5 Å². The van der Waals surface area contributed by atoms with E-state index >= 15 is 0 Å². The minimum atomic E-state index is -2.92. The number of carbonyl (C=O) groups excluding carboxylic acids is 1. The first-order chi connectivity index (χ1) is 14.9. The zero-order chi connectivity index (χ0) is 21.6. The van der Waals surface area contributed by atoms with Gasteiger partial charge in [0.2, 0.25) is 0 Å². The first kappa shape index (κ1) is 20.5. The van der Waals surface area contributed by atoms with Gasteiger partial charge in [-0.15, -0.1) is 0 Å². The zero-order valence-corrected chi connectivity index (χ0v) is 18.4. The highest BCUT2D eigenvalue weighted by Gasteiger charge is 2.35. The molecule has 1 aromatic carbocycles. The molecule has 5 rings (SSSR count). The van der Waals surface area contributed by atoms with Gasteiger partial charge in [-0.05, 0) is 68.9 Å². The Morgan fingerprint density at radius 3 is 2.65 bits per heavy atom. The maximum Gasteiger partial charge on any atom is 0.251 e. The van der Waals surface area contributed by atoms with Gasteiger partial charge < -0.3 is 9.73 Å². The summed E-state index contributed by atoms with van der Waals surface area (Å²) < 4.78 is 26.7. The summed E-state index contributed by atoms with van der Waals surface area (Å²) in [6.07, 6.45) is 6.44. The lowest BCUT2D eigenvalue weighted by atomic mass is 9.86. The van der Waals surface area contributed by atoms with Crippen LogP contribution in [0.25, 0.3) is 11.1 Å². The Balaban J connectivity index is 1.22. The molecule has 31 heavy (non-hydrogen) atoms. The number of aromatic nitrogens is 2. The normalized spacial score (nSPS) is 23.4. The number of nitrogens with one attached hydrogen (secondary N) is 2. The number of fused-ring (bicyclic) bond motifs is 1. The molecule has 2 fully saturated rings. The highest BCUT2D eigenvalue weighted by Crippen LogP contribution is 2.35. The number of nitrogens with zero attached hydrogens (tertiary/aromatic N) is 2. The van der Waals surface area contributed by atoms with Gasteiger partial charge in [0.1, 0.15) is 10.5 Å². The van der Waals surface area contributed by atoms with Gasteiger partial charge in [-0.2, -0.15) is 0 Å². The van der Waals surface area contributed by atoms with E-state index in [0.29, 0.717) is 10.6 Å². The average molecular weight is 459 g/mol. The summed E-state index contributed by atoms with van der Waals surface area (Å²) in [5.74, 6) is 0.735. The van der Waals surface area contributed by atoms with E-state index in [2.05, 4.69) is 15.3 Å². The molecule has 2 heterocycles. The molecule has 2 saturated carbocycles. The van der Waals surface area contributed by atoms with Crippen LogP contribution in [0.3, 0.4) is 0 Å². The second-order valence-corrected chi connectivity index (χ2v) is 11.1. The Morgan fingerprint density at radius 2 is 1.90 bits per heavy atom. The lowest BCUT2D eigenvalue weighted by Crippen LogP contribution is -2.37. The molecule has 2 aromatic heterocycles. The number of benzene rings is 1. The van der Waals surface area contributed by atoms with Gasteiger partial charge in [0.05, 0.1) is 9.73 Å². The Kier molecular flexibility index (Phi) is 5.22. The largest absolute Gasteiger partial charge is 0.440 e. The first-order valence-electron chi connectivity index (χ1n) is 10.5. The fourth-order valence-corrected chi connectivity index (χ4v) is 5.96. The van der Waals surface area contributed by atoms with Gasteiger partial charge in [0.25, 0.3) is 5.91 Å². The van der Waals surface area contributed by atoms with E-state index < -0.39 is 9.73 Å². The van der Waals surface area contributed by atoms with Crippen molar-refractivity contribution in [2.75, 3.05) is 0 Å². The predicted octanol–water partition coefficient (Wildman–Crippen LogP) is 4.90. The van der Waals surface area contributed by atoms with Crippen LogP contribution in [0.15, 0.2) is 46.0 Å². The summed E-state index contributed by atoms with van der Waals surface area (Å²) in [5, 5.41) is 3.79. The number of halogens is 1. The van der Waals surface area contributed by atoms with Crippen molar-refractivity contribution in [3.8, 4) is 0 Å². The molecular formula is C22H23ClN4O3S. The van der Waals surface area contributed by atoms with Crippen molar-refractivity contribution in [1.82, 2.24) is 15.3 Å². The molecule has 1 unspecified atom stereocenters. The SMILES string of the molecule is N=S(=O)(c1cc(C(=O)NC2CCC(c3nc4cc(Cl)ccc4o3)CC2)ccn1)C1CC1. The lowest BCUT2D eigenvalue weighted by Gasteiger charge is -2.27. The molecule has 2 aliphatic carbocycles. The summed E-state index contributed by atoms with van der Waals surface area (Å²) in [6, 6.07) is 8.61. The number of hydrogen-bond donors (Lipinski definition) is 2. The number of hydrogen-bond acceptors (Lipinski definition) is 6. The molecule has 0 spiro atoms. The van der Waals surface area contributed by atoms with E-state index in [1.54, 1.807) is 18.2 Å². The third kappa shape index (κ3) is 4.19. The second kappa shape index (κ2) is 7.91. The predicted molar refractivity (Wildman–Crippen MR) is 118 cm³/mol. The molecule has 7 nitrogen and oxygen atoms in total. The molecular weight excluding hydrogens is 436 g/mol. The highest BCUT2D eigenvalue weighted by atomic mass is 35.5. The quantitative estimate of drug-likeness (QED) is 0.565. The van der Waals surface area contributed by atoms with Crippen LogP contribution in [0, 0.1) is 4.78 Å². The molecule has 1 amide bonds. The van der Waals surface area contributed by atoms with Crippen LogP contribution < -0.4 is 5.32 Å². The van der Waals surface area contributed by atoms with Gasteiger partial charge >= 0.3 is 0 Å². The van der Waals surface area contributed by atoms with Gasteiger partial charge in [-0.25, -0.2) is 19.0 Å². The Hall–Kier alpha value is -2.45. The summed E-state index contributed by atoms with van der Waals surface area (Å²) in [6.45, 7) is 0. The van der Waals surface area contributed by atoms with Crippen molar-refractivity contribution in [3.63, 3.8) is 0 Å². The lowest BCUT2D eigenvalue weighted by molar-refractivity contribution is 0.0924. The average Bonchev–Trinajstić information content (AvgIpc) is 3.55. The Morgan fingerprint density at radius 1 is 1.13 bits per heavy atom. The summed E-state index contributed by atoms with van der Waals surface area (Å²) in [5.41, 5.74) is 1.91. The molecule has 0 saturated heterocycles. The molecule has 3 aromatic rings. The van der Waals surface area contributed by atoms with Crippen LogP contribution in [0.5, 0.6) is 0 Å². The van der Waals surface area contributed by atoms with Crippen LogP contribution in [-0.2, 0) is 9.73 Å².